The number of hydrogen-bond acceptors (Lipinski definition) is 4. The topological polar surface area (TPSA) is 72.8 Å². The van der Waals surface area contributed by atoms with Gasteiger partial charge in [0.15, 0.2) is 0 Å². The summed E-state index contributed by atoms with van der Waals surface area (Å²) in [5.74, 6) is -1.57. The fourth-order valence-corrected chi connectivity index (χ4v) is 2.05. The van der Waals surface area contributed by atoms with E-state index in [1.54, 1.807) is 24.3 Å². The van der Waals surface area contributed by atoms with Crippen molar-refractivity contribution in [2.75, 3.05) is 6.61 Å². The molecule has 0 aliphatic carbocycles. The molecule has 1 aliphatic heterocycles. The number of carboxylic acids is 1. The maximum Gasteiger partial charge on any atom is 0.311 e. The molecule has 0 unspecified atom stereocenters. The third kappa shape index (κ3) is 3.05. The molecule has 102 valence electrons. The summed E-state index contributed by atoms with van der Waals surface area (Å²) in [6.45, 7) is 2.65. The highest BCUT2D eigenvalue weighted by molar-refractivity contribution is 5.82. The molecule has 19 heavy (non-hydrogen) atoms. The molecule has 0 saturated carbocycles. The van der Waals surface area contributed by atoms with Gasteiger partial charge in [-0.05, 0) is 24.1 Å². The van der Waals surface area contributed by atoms with Gasteiger partial charge in [0.25, 0.3) is 0 Å². The van der Waals surface area contributed by atoms with Crippen molar-refractivity contribution >= 4 is 11.9 Å². The first-order chi connectivity index (χ1) is 9.11. The summed E-state index contributed by atoms with van der Waals surface area (Å²) in [5.41, 5.74) is 0.682. The van der Waals surface area contributed by atoms with Crippen LogP contribution in [0, 0.1) is 5.92 Å². The van der Waals surface area contributed by atoms with Gasteiger partial charge in [0.1, 0.15) is 17.8 Å². The molecule has 1 aromatic rings. The van der Waals surface area contributed by atoms with Crippen molar-refractivity contribution in [1.29, 1.82) is 0 Å². The first kappa shape index (κ1) is 13.4. The lowest BCUT2D eigenvalue weighted by Crippen LogP contribution is -2.17. The Morgan fingerprint density at radius 1 is 1.42 bits per heavy atom. The molecule has 1 heterocycles. The van der Waals surface area contributed by atoms with E-state index in [4.69, 9.17) is 14.6 Å². The second kappa shape index (κ2) is 5.73. The predicted molar refractivity (Wildman–Crippen MR) is 66.8 cm³/mol. The van der Waals surface area contributed by atoms with Gasteiger partial charge in [-0.1, -0.05) is 19.1 Å². The number of aliphatic carboxylic acids is 1. The van der Waals surface area contributed by atoms with Crippen molar-refractivity contribution in [3.8, 4) is 5.75 Å². The van der Waals surface area contributed by atoms with E-state index < -0.39 is 24.0 Å². The molecule has 1 aromatic carbocycles. The van der Waals surface area contributed by atoms with Gasteiger partial charge >= 0.3 is 11.9 Å². The summed E-state index contributed by atoms with van der Waals surface area (Å²) in [4.78, 5) is 22.3. The fourth-order valence-electron chi connectivity index (χ4n) is 2.05. The maximum atomic E-state index is 11.2. The van der Waals surface area contributed by atoms with Gasteiger partial charge in [-0.2, -0.15) is 0 Å². The van der Waals surface area contributed by atoms with Crippen molar-refractivity contribution < 1.29 is 24.2 Å². The Hall–Kier alpha value is -2.04. The van der Waals surface area contributed by atoms with E-state index >= 15 is 0 Å². The van der Waals surface area contributed by atoms with Crippen LogP contribution in [0.2, 0.25) is 0 Å². The summed E-state index contributed by atoms with van der Waals surface area (Å²) in [6.07, 6.45) is 0.141. The number of esters is 1. The molecule has 1 saturated heterocycles. The lowest BCUT2D eigenvalue weighted by Gasteiger charge is -2.15. The van der Waals surface area contributed by atoms with Crippen molar-refractivity contribution in [3.63, 3.8) is 0 Å². The van der Waals surface area contributed by atoms with Gasteiger partial charge in [-0.15, -0.1) is 0 Å². The highest BCUT2D eigenvalue weighted by Crippen LogP contribution is 2.36. The van der Waals surface area contributed by atoms with Gasteiger partial charge in [0.2, 0.25) is 0 Å². The first-order valence-corrected chi connectivity index (χ1v) is 6.27. The minimum Gasteiger partial charge on any atom is -0.494 e. The number of carboxylic acid groups (broad SMARTS) is 1. The zero-order chi connectivity index (χ0) is 13.8. The van der Waals surface area contributed by atoms with E-state index in [2.05, 4.69) is 0 Å². The second-order valence-electron chi connectivity index (χ2n) is 4.48. The molecule has 1 N–H and O–H groups in total. The highest BCUT2D eigenvalue weighted by atomic mass is 16.6. The largest absolute Gasteiger partial charge is 0.494 e. The van der Waals surface area contributed by atoms with E-state index in [9.17, 15) is 9.59 Å². The lowest BCUT2D eigenvalue weighted by atomic mass is 9.95. The molecule has 0 spiro atoms. The maximum absolute atomic E-state index is 11.2. The Balaban J connectivity index is 2.12. The van der Waals surface area contributed by atoms with Crippen molar-refractivity contribution in [3.05, 3.63) is 29.8 Å². The minimum absolute atomic E-state index is 0.0753. The molecule has 5 heteroatoms. The number of carbonyl (C=O) groups is 2. The third-order valence-electron chi connectivity index (χ3n) is 3.01. The normalized spacial score (nSPS) is 22.1. The smallest absolute Gasteiger partial charge is 0.311 e. The summed E-state index contributed by atoms with van der Waals surface area (Å²) < 4.78 is 10.5. The van der Waals surface area contributed by atoms with Crippen LogP contribution in [0.4, 0.5) is 0 Å². The Labute approximate surface area is 111 Å². The minimum atomic E-state index is -1.01. The molecule has 1 aliphatic rings. The molecule has 0 aromatic heterocycles. The molecule has 5 nitrogen and oxygen atoms in total. The average molecular weight is 264 g/mol. The molecule has 0 amide bonds. The van der Waals surface area contributed by atoms with Gasteiger partial charge < -0.3 is 14.6 Å². The Morgan fingerprint density at radius 2 is 2.11 bits per heavy atom. The van der Waals surface area contributed by atoms with Crippen LogP contribution in [0.5, 0.6) is 5.75 Å². The standard InChI is InChI=1S/C14H16O5/c1-2-7-18-10-5-3-9(4-6-10)13-11(14(16)17)8-12(15)19-13/h3-6,11,13H,2,7-8H2,1H3,(H,16,17)/t11-,13-/m0/s1. The fraction of sp³-hybridized carbons (Fsp3) is 0.429. The summed E-state index contributed by atoms with van der Waals surface area (Å²) in [6, 6.07) is 7.00. The number of ether oxygens (including phenoxy) is 2. The summed E-state index contributed by atoms with van der Waals surface area (Å²) in [7, 11) is 0. The molecule has 0 radical (unpaired) electrons. The van der Waals surface area contributed by atoms with E-state index in [-0.39, 0.29) is 6.42 Å². The quantitative estimate of drug-likeness (QED) is 0.825. The molecule has 2 atom stereocenters. The van der Waals surface area contributed by atoms with Gasteiger partial charge in [-0.25, -0.2) is 0 Å². The van der Waals surface area contributed by atoms with E-state index in [1.807, 2.05) is 6.92 Å². The zero-order valence-corrected chi connectivity index (χ0v) is 10.7. The monoisotopic (exact) mass is 264 g/mol. The number of rotatable bonds is 5. The SMILES string of the molecule is CCCOc1ccc([C@@H]2OC(=O)C[C@@H]2C(=O)O)cc1. The van der Waals surface area contributed by atoms with Crippen LogP contribution in [-0.4, -0.2) is 23.7 Å². The zero-order valence-electron chi connectivity index (χ0n) is 10.7. The van der Waals surface area contributed by atoms with Crippen LogP contribution < -0.4 is 4.74 Å². The first-order valence-electron chi connectivity index (χ1n) is 6.27. The van der Waals surface area contributed by atoms with Crippen LogP contribution in [0.25, 0.3) is 0 Å². The third-order valence-corrected chi connectivity index (χ3v) is 3.01. The number of carbonyl (C=O) groups excluding carboxylic acids is 1. The number of benzene rings is 1. The van der Waals surface area contributed by atoms with Gasteiger partial charge in [0, 0.05) is 0 Å². The molecule has 1 fully saturated rings. The molecular formula is C14H16O5. The van der Waals surface area contributed by atoms with Crippen molar-refractivity contribution in [2.24, 2.45) is 5.92 Å². The Morgan fingerprint density at radius 3 is 2.68 bits per heavy atom. The lowest BCUT2D eigenvalue weighted by molar-refractivity contribution is -0.144. The Bertz CT molecular complexity index is 465. The average Bonchev–Trinajstić information content (AvgIpc) is 2.79. The van der Waals surface area contributed by atoms with Crippen molar-refractivity contribution in [2.45, 2.75) is 25.9 Å². The van der Waals surface area contributed by atoms with Crippen LogP contribution in [-0.2, 0) is 14.3 Å². The second-order valence-corrected chi connectivity index (χ2v) is 4.48. The number of cyclic esters (lactones) is 1. The highest BCUT2D eigenvalue weighted by Gasteiger charge is 2.40. The molecule has 2 rings (SSSR count). The number of hydrogen-bond donors (Lipinski definition) is 1. The summed E-state index contributed by atoms with van der Waals surface area (Å²) >= 11 is 0. The molecular weight excluding hydrogens is 248 g/mol. The predicted octanol–water partition coefficient (Wildman–Crippen LogP) is 2.16. The van der Waals surface area contributed by atoms with Gasteiger partial charge in [0.05, 0.1) is 13.0 Å². The van der Waals surface area contributed by atoms with Crippen LogP contribution in [0.15, 0.2) is 24.3 Å². The van der Waals surface area contributed by atoms with E-state index in [0.717, 1.165) is 12.2 Å². The molecule has 0 bridgehead atoms. The van der Waals surface area contributed by atoms with E-state index in [1.165, 1.54) is 0 Å². The Kier molecular flexibility index (Phi) is 4.04. The van der Waals surface area contributed by atoms with Crippen LogP contribution in [0.3, 0.4) is 0 Å². The van der Waals surface area contributed by atoms with Crippen molar-refractivity contribution in [1.82, 2.24) is 0 Å². The van der Waals surface area contributed by atoms with Gasteiger partial charge in [-0.3, -0.25) is 9.59 Å². The van der Waals surface area contributed by atoms with Crippen LogP contribution in [0.1, 0.15) is 31.4 Å². The van der Waals surface area contributed by atoms with Crippen LogP contribution >= 0.6 is 0 Å². The van der Waals surface area contributed by atoms with E-state index in [0.29, 0.717) is 12.2 Å². The summed E-state index contributed by atoms with van der Waals surface area (Å²) in [5, 5.41) is 9.08.